The van der Waals surface area contributed by atoms with Crippen molar-refractivity contribution in [3.63, 3.8) is 0 Å². The van der Waals surface area contributed by atoms with Crippen LogP contribution in [0, 0.1) is 0 Å². The largest absolute Gasteiger partial charge is 0.468 e. The third-order valence-electron chi connectivity index (χ3n) is 3.66. The number of imidazole rings is 1. The van der Waals surface area contributed by atoms with E-state index in [2.05, 4.69) is 11.9 Å². The lowest BCUT2D eigenvalue weighted by molar-refractivity contribution is 0.277. The number of hydrogen-bond donors (Lipinski definition) is 1. The van der Waals surface area contributed by atoms with Crippen LogP contribution in [-0.2, 0) is 20.1 Å². The number of aryl methyl sites for hydroxylation is 2. The van der Waals surface area contributed by atoms with Gasteiger partial charge in [0.25, 0.3) is 11.6 Å². The maximum atomic E-state index is 12.7. The van der Waals surface area contributed by atoms with Gasteiger partial charge >= 0.3 is 5.69 Å². The zero-order chi connectivity index (χ0) is 16.3. The van der Waals surface area contributed by atoms with Gasteiger partial charge in [0.1, 0.15) is 0 Å². The number of aliphatic hydroxyl groups excluding tert-OH is 1. The standard InChI is InChI=1S/C14H22N4O4/c1-4-5-7-17-10-11(15-13(17)22-3)16(2)14(21)18(12(10)20)8-6-9-19/h19H,4-9H2,1-3H3. The van der Waals surface area contributed by atoms with Crippen LogP contribution in [0.5, 0.6) is 6.01 Å². The molecule has 22 heavy (non-hydrogen) atoms. The van der Waals surface area contributed by atoms with Crippen molar-refractivity contribution in [2.75, 3.05) is 13.7 Å². The Labute approximate surface area is 127 Å². The van der Waals surface area contributed by atoms with Crippen LogP contribution in [0.25, 0.3) is 11.2 Å². The maximum Gasteiger partial charge on any atom is 0.332 e. The molecule has 1 N–H and O–H groups in total. The Kier molecular flexibility index (Phi) is 5.02. The first-order valence-electron chi connectivity index (χ1n) is 7.41. The molecule has 0 aliphatic rings. The highest BCUT2D eigenvalue weighted by Gasteiger charge is 2.20. The highest BCUT2D eigenvalue weighted by molar-refractivity contribution is 5.71. The van der Waals surface area contributed by atoms with E-state index in [4.69, 9.17) is 9.84 Å². The van der Waals surface area contributed by atoms with Gasteiger partial charge in [-0.2, -0.15) is 4.98 Å². The molecule has 0 saturated carbocycles. The minimum Gasteiger partial charge on any atom is -0.468 e. The van der Waals surface area contributed by atoms with Crippen molar-refractivity contribution in [2.45, 2.75) is 39.3 Å². The van der Waals surface area contributed by atoms with Crippen LogP contribution in [0.2, 0.25) is 0 Å². The number of methoxy groups -OCH3 is 1. The average molecular weight is 310 g/mol. The molecule has 0 atom stereocenters. The van der Waals surface area contributed by atoms with E-state index in [-0.39, 0.29) is 13.2 Å². The Hall–Kier alpha value is -2.09. The molecule has 2 rings (SSSR count). The molecule has 0 radical (unpaired) electrons. The molecular formula is C14H22N4O4. The predicted molar refractivity (Wildman–Crippen MR) is 82.4 cm³/mol. The second-order valence-corrected chi connectivity index (χ2v) is 5.15. The van der Waals surface area contributed by atoms with Crippen LogP contribution in [0.3, 0.4) is 0 Å². The molecule has 2 aromatic rings. The Bertz CT molecular complexity index is 772. The Morgan fingerprint density at radius 1 is 1.18 bits per heavy atom. The first-order valence-corrected chi connectivity index (χ1v) is 7.41. The molecule has 2 aromatic heterocycles. The molecule has 0 saturated heterocycles. The smallest absolute Gasteiger partial charge is 0.332 e. The van der Waals surface area contributed by atoms with Gasteiger partial charge in [-0.3, -0.25) is 18.5 Å². The SMILES string of the molecule is CCCCn1c(OC)nc2c1c(=O)n(CCCO)c(=O)n2C. The van der Waals surface area contributed by atoms with Crippen molar-refractivity contribution >= 4 is 11.2 Å². The molecule has 2 heterocycles. The van der Waals surface area contributed by atoms with Gasteiger partial charge in [0, 0.05) is 26.7 Å². The van der Waals surface area contributed by atoms with Gasteiger partial charge in [-0.05, 0) is 12.8 Å². The first kappa shape index (κ1) is 16.3. The summed E-state index contributed by atoms with van der Waals surface area (Å²) in [6.45, 7) is 2.76. The van der Waals surface area contributed by atoms with Crippen molar-refractivity contribution in [1.29, 1.82) is 0 Å². The number of aromatic nitrogens is 4. The minimum absolute atomic E-state index is 0.0773. The van der Waals surface area contributed by atoms with E-state index in [0.717, 1.165) is 17.4 Å². The highest BCUT2D eigenvalue weighted by Crippen LogP contribution is 2.18. The summed E-state index contributed by atoms with van der Waals surface area (Å²) in [5.74, 6) is 0. The average Bonchev–Trinajstić information content (AvgIpc) is 2.89. The zero-order valence-corrected chi connectivity index (χ0v) is 13.2. The van der Waals surface area contributed by atoms with Crippen LogP contribution in [0.15, 0.2) is 9.59 Å². The molecule has 0 unspecified atom stereocenters. The van der Waals surface area contributed by atoms with Crippen molar-refractivity contribution < 1.29 is 9.84 Å². The van der Waals surface area contributed by atoms with Gasteiger partial charge in [0.05, 0.1) is 7.11 Å². The van der Waals surface area contributed by atoms with Crippen LogP contribution in [-0.4, -0.2) is 37.5 Å². The molecule has 0 aliphatic carbocycles. The maximum absolute atomic E-state index is 12.7. The normalized spacial score (nSPS) is 11.3. The fourth-order valence-electron chi connectivity index (χ4n) is 2.46. The zero-order valence-electron chi connectivity index (χ0n) is 13.2. The molecule has 0 spiro atoms. The van der Waals surface area contributed by atoms with E-state index in [1.807, 2.05) is 0 Å². The highest BCUT2D eigenvalue weighted by atomic mass is 16.5. The van der Waals surface area contributed by atoms with E-state index in [9.17, 15) is 9.59 Å². The second kappa shape index (κ2) is 6.78. The van der Waals surface area contributed by atoms with Crippen molar-refractivity contribution in [3.8, 4) is 6.01 Å². The van der Waals surface area contributed by atoms with E-state index in [0.29, 0.717) is 30.1 Å². The topological polar surface area (TPSA) is 91.3 Å². The van der Waals surface area contributed by atoms with Gasteiger partial charge in [-0.1, -0.05) is 13.3 Å². The van der Waals surface area contributed by atoms with Gasteiger partial charge in [-0.15, -0.1) is 0 Å². The number of rotatable bonds is 7. The molecule has 0 aromatic carbocycles. The van der Waals surface area contributed by atoms with Crippen LogP contribution in [0.4, 0.5) is 0 Å². The van der Waals surface area contributed by atoms with E-state index in [1.54, 1.807) is 11.6 Å². The number of ether oxygens (including phenoxy) is 1. The number of fused-ring (bicyclic) bond motifs is 1. The van der Waals surface area contributed by atoms with Gasteiger partial charge in [0.2, 0.25) is 0 Å². The molecule has 8 heteroatoms. The van der Waals surface area contributed by atoms with Crippen LogP contribution in [0.1, 0.15) is 26.2 Å². The Morgan fingerprint density at radius 3 is 2.45 bits per heavy atom. The van der Waals surface area contributed by atoms with Gasteiger partial charge in [-0.25, -0.2) is 4.79 Å². The third-order valence-corrected chi connectivity index (χ3v) is 3.66. The first-order chi connectivity index (χ1) is 10.6. The van der Waals surface area contributed by atoms with E-state index >= 15 is 0 Å². The Balaban J connectivity index is 2.75. The number of hydrogen-bond acceptors (Lipinski definition) is 5. The summed E-state index contributed by atoms with van der Waals surface area (Å²) in [5, 5.41) is 8.94. The monoisotopic (exact) mass is 310 g/mol. The lowest BCUT2D eigenvalue weighted by Crippen LogP contribution is -2.39. The fourth-order valence-corrected chi connectivity index (χ4v) is 2.46. The summed E-state index contributed by atoms with van der Waals surface area (Å²) in [6.07, 6.45) is 2.19. The molecule has 0 aliphatic heterocycles. The fraction of sp³-hybridized carbons (Fsp3) is 0.643. The van der Waals surface area contributed by atoms with Crippen molar-refractivity contribution in [2.24, 2.45) is 7.05 Å². The quantitative estimate of drug-likeness (QED) is 0.782. The summed E-state index contributed by atoms with van der Waals surface area (Å²) < 4.78 is 9.45. The van der Waals surface area contributed by atoms with Crippen molar-refractivity contribution in [1.82, 2.24) is 18.7 Å². The lowest BCUT2D eigenvalue weighted by Gasteiger charge is -2.09. The summed E-state index contributed by atoms with van der Waals surface area (Å²) in [5.41, 5.74) is -0.138. The molecule has 0 bridgehead atoms. The third kappa shape index (κ3) is 2.66. The summed E-state index contributed by atoms with van der Waals surface area (Å²) in [6, 6.07) is 0.329. The molecule has 122 valence electrons. The molecule has 0 fully saturated rings. The number of nitrogens with zero attached hydrogens (tertiary/aromatic N) is 4. The second-order valence-electron chi connectivity index (χ2n) is 5.15. The lowest BCUT2D eigenvalue weighted by atomic mass is 10.3. The molecule has 8 nitrogen and oxygen atoms in total. The number of aliphatic hydroxyl groups is 1. The van der Waals surface area contributed by atoms with Gasteiger partial charge in [0.15, 0.2) is 11.2 Å². The predicted octanol–water partition coefficient (Wildman–Crippen LogP) is 0.0878. The number of unbranched alkanes of at least 4 members (excludes halogenated alkanes) is 1. The summed E-state index contributed by atoms with van der Waals surface area (Å²) in [4.78, 5) is 29.2. The summed E-state index contributed by atoms with van der Waals surface area (Å²) in [7, 11) is 3.07. The van der Waals surface area contributed by atoms with Crippen molar-refractivity contribution in [3.05, 3.63) is 20.8 Å². The Morgan fingerprint density at radius 2 is 1.86 bits per heavy atom. The van der Waals surface area contributed by atoms with Gasteiger partial charge < -0.3 is 9.84 Å². The van der Waals surface area contributed by atoms with E-state index in [1.165, 1.54) is 11.7 Å². The minimum atomic E-state index is -0.436. The summed E-state index contributed by atoms with van der Waals surface area (Å²) >= 11 is 0. The molecule has 0 amide bonds. The van der Waals surface area contributed by atoms with Crippen LogP contribution >= 0.6 is 0 Å². The molecular weight excluding hydrogens is 288 g/mol. The van der Waals surface area contributed by atoms with Crippen LogP contribution < -0.4 is 16.0 Å². The van der Waals surface area contributed by atoms with E-state index < -0.39 is 11.2 Å².